The Hall–Kier alpha value is -0.530. The second-order valence-corrected chi connectivity index (χ2v) is 3.56. The van der Waals surface area contributed by atoms with Crippen LogP contribution in [0.5, 0.6) is 0 Å². The van der Waals surface area contributed by atoms with Gasteiger partial charge >= 0.3 is 0 Å². The molecule has 0 atom stereocenters. The molecule has 0 aromatic heterocycles. The van der Waals surface area contributed by atoms with Gasteiger partial charge in [-0.2, -0.15) is 0 Å². The van der Waals surface area contributed by atoms with Crippen LogP contribution in [-0.2, 0) is 11.2 Å². The average molecular weight is 217 g/mol. The maximum atomic E-state index is 11.1. The molecule has 0 saturated heterocycles. The lowest BCUT2D eigenvalue weighted by Crippen LogP contribution is -2.05. The molecule has 70 valence electrons. The molecular weight excluding hydrogens is 207 g/mol. The van der Waals surface area contributed by atoms with Crippen molar-refractivity contribution in [1.29, 1.82) is 0 Å². The predicted molar refractivity (Wildman–Crippen MR) is 55.6 cm³/mol. The van der Waals surface area contributed by atoms with Crippen LogP contribution in [0.1, 0.15) is 11.1 Å². The number of aryl methyl sites for hydroxylation is 1. The number of hydrogen-bond acceptors (Lipinski definition) is 1. The number of ketones is 1. The van der Waals surface area contributed by atoms with E-state index in [2.05, 4.69) is 0 Å². The van der Waals surface area contributed by atoms with E-state index in [0.717, 1.165) is 11.1 Å². The highest BCUT2D eigenvalue weighted by atomic mass is 35.5. The van der Waals surface area contributed by atoms with Gasteiger partial charge in [-0.1, -0.05) is 23.7 Å². The first kappa shape index (κ1) is 10.6. The van der Waals surface area contributed by atoms with Gasteiger partial charge in [-0.25, -0.2) is 0 Å². The molecule has 1 nitrogen and oxygen atoms in total. The highest BCUT2D eigenvalue weighted by molar-refractivity contribution is 6.32. The molecule has 1 aromatic carbocycles. The fourth-order valence-corrected chi connectivity index (χ4v) is 1.52. The molecule has 0 bridgehead atoms. The maximum Gasteiger partial charge on any atom is 0.152 e. The molecule has 3 heteroatoms. The van der Waals surface area contributed by atoms with Crippen molar-refractivity contribution in [3.05, 3.63) is 34.3 Å². The van der Waals surface area contributed by atoms with Crippen molar-refractivity contribution in [1.82, 2.24) is 0 Å². The molecule has 0 heterocycles. The summed E-state index contributed by atoms with van der Waals surface area (Å²) in [6, 6.07) is 5.58. The lowest BCUT2D eigenvalue weighted by molar-refractivity contribution is -0.116. The normalized spacial score (nSPS) is 10.1. The first-order valence-electron chi connectivity index (χ1n) is 3.97. The molecule has 1 aromatic rings. The van der Waals surface area contributed by atoms with Crippen LogP contribution in [0.2, 0.25) is 5.02 Å². The van der Waals surface area contributed by atoms with Crippen LogP contribution in [0.3, 0.4) is 0 Å². The van der Waals surface area contributed by atoms with Crippen LogP contribution in [0, 0.1) is 6.92 Å². The van der Waals surface area contributed by atoms with E-state index in [9.17, 15) is 4.79 Å². The van der Waals surface area contributed by atoms with E-state index in [0.29, 0.717) is 11.4 Å². The predicted octanol–water partition coefficient (Wildman–Crippen LogP) is 3.00. The van der Waals surface area contributed by atoms with Crippen molar-refractivity contribution in [2.45, 2.75) is 13.3 Å². The second kappa shape index (κ2) is 4.64. The summed E-state index contributed by atoms with van der Waals surface area (Å²) in [5, 5.41) is 0.637. The molecule has 0 radical (unpaired) electrons. The van der Waals surface area contributed by atoms with Crippen molar-refractivity contribution >= 4 is 29.0 Å². The van der Waals surface area contributed by atoms with Crippen molar-refractivity contribution in [3.8, 4) is 0 Å². The summed E-state index contributed by atoms with van der Waals surface area (Å²) in [6.45, 7) is 1.93. The minimum absolute atomic E-state index is 0.00198. The van der Waals surface area contributed by atoms with Gasteiger partial charge in [0.15, 0.2) is 5.78 Å². The largest absolute Gasteiger partial charge is 0.298 e. The van der Waals surface area contributed by atoms with Gasteiger partial charge < -0.3 is 0 Å². The van der Waals surface area contributed by atoms with Crippen LogP contribution in [-0.4, -0.2) is 11.7 Å². The quantitative estimate of drug-likeness (QED) is 0.711. The fraction of sp³-hybridized carbons (Fsp3) is 0.300. The Morgan fingerprint density at radius 1 is 1.46 bits per heavy atom. The zero-order valence-corrected chi connectivity index (χ0v) is 8.82. The van der Waals surface area contributed by atoms with Gasteiger partial charge in [0.2, 0.25) is 0 Å². The first-order valence-corrected chi connectivity index (χ1v) is 4.88. The van der Waals surface area contributed by atoms with Gasteiger partial charge in [0.05, 0.1) is 5.88 Å². The number of halogens is 2. The Labute approximate surface area is 87.7 Å². The van der Waals surface area contributed by atoms with E-state index in [1.165, 1.54) is 0 Å². The molecule has 0 amide bonds. The minimum atomic E-state index is -0.00198. The maximum absolute atomic E-state index is 11.1. The molecule has 0 N–H and O–H groups in total. The van der Waals surface area contributed by atoms with Gasteiger partial charge in [0, 0.05) is 11.4 Å². The summed E-state index contributed by atoms with van der Waals surface area (Å²) < 4.78 is 0. The Balaban J connectivity index is 2.93. The first-order chi connectivity index (χ1) is 6.15. The molecule has 0 unspecified atom stereocenters. The summed E-state index contributed by atoms with van der Waals surface area (Å²) in [6.07, 6.45) is 0.328. The third-order valence-electron chi connectivity index (χ3n) is 1.88. The average Bonchev–Trinajstić information content (AvgIpc) is 2.11. The van der Waals surface area contributed by atoms with Crippen LogP contribution in [0.4, 0.5) is 0 Å². The summed E-state index contributed by atoms with van der Waals surface area (Å²) in [5.41, 5.74) is 1.92. The monoisotopic (exact) mass is 216 g/mol. The van der Waals surface area contributed by atoms with Gasteiger partial charge in [0.25, 0.3) is 0 Å². The molecule has 0 spiro atoms. The van der Waals surface area contributed by atoms with E-state index in [-0.39, 0.29) is 11.7 Å². The lowest BCUT2D eigenvalue weighted by atomic mass is 10.0. The number of hydrogen-bond donors (Lipinski definition) is 0. The van der Waals surface area contributed by atoms with E-state index in [4.69, 9.17) is 23.2 Å². The highest BCUT2D eigenvalue weighted by Crippen LogP contribution is 2.20. The third kappa shape index (κ3) is 2.71. The van der Waals surface area contributed by atoms with Crippen LogP contribution < -0.4 is 0 Å². The molecule has 13 heavy (non-hydrogen) atoms. The van der Waals surface area contributed by atoms with Gasteiger partial charge in [-0.05, 0) is 24.1 Å². The van der Waals surface area contributed by atoms with Crippen LogP contribution in [0.15, 0.2) is 18.2 Å². The lowest BCUT2D eigenvalue weighted by Gasteiger charge is -2.05. The highest BCUT2D eigenvalue weighted by Gasteiger charge is 2.07. The van der Waals surface area contributed by atoms with Gasteiger partial charge in [0.1, 0.15) is 0 Å². The molecular formula is C10H10Cl2O. The van der Waals surface area contributed by atoms with Gasteiger partial charge in [-0.3, -0.25) is 4.79 Å². The summed E-state index contributed by atoms with van der Waals surface area (Å²) in [5.74, 6) is 0.0443. The summed E-state index contributed by atoms with van der Waals surface area (Å²) >= 11 is 11.3. The molecule has 0 aliphatic carbocycles. The molecule has 0 aliphatic rings. The smallest absolute Gasteiger partial charge is 0.152 e. The van der Waals surface area contributed by atoms with E-state index in [1.54, 1.807) is 6.07 Å². The number of carbonyl (C=O) groups is 1. The SMILES string of the molecule is Cc1cccc(Cl)c1CC(=O)CCl. The number of rotatable bonds is 3. The van der Waals surface area contributed by atoms with Crippen molar-refractivity contribution in [2.24, 2.45) is 0 Å². The number of carbonyl (C=O) groups excluding carboxylic acids is 1. The van der Waals surface area contributed by atoms with E-state index < -0.39 is 0 Å². The Kier molecular flexibility index (Phi) is 3.76. The third-order valence-corrected chi connectivity index (χ3v) is 2.53. The van der Waals surface area contributed by atoms with Crippen molar-refractivity contribution in [3.63, 3.8) is 0 Å². The zero-order valence-electron chi connectivity index (χ0n) is 7.31. The molecule has 0 fully saturated rings. The summed E-state index contributed by atoms with van der Waals surface area (Å²) in [7, 11) is 0. The standard InChI is InChI=1S/C10H10Cl2O/c1-7-3-2-4-10(12)9(7)5-8(13)6-11/h2-4H,5-6H2,1H3. The molecule has 0 aliphatic heterocycles. The van der Waals surface area contributed by atoms with Gasteiger partial charge in [-0.15, -0.1) is 11.6 Å². The Morgan fingerprint density at radius 3 is 2.69 bits per heavy atom. The minimum Gasteiger partial charge on any atom is -0.298 e. The molecule has 0 saturated carbocycles. The number of Topliss-reactive ketones (excluding diaryl/α,β-unsaturated/α-hetero) is 1. The Bertz CT molecular complexity index is 300. The second-order valence-electron chi connectivity index (χ2n) is 2.88. The van der Waals surface area contributed by atoms with Crippen LogP contribution >= 0.6 is 23.2 Å². The summed E-state index contributed by atoms with van der Waals surface area (Å²) in [4.78, 5) is 11.1. The molecule has 1 rings (SSSR count). The van der Waals surface area contributed by atoms with E-state index >= 15 is 0 Å². The van der Waals surface area contributed by atoms with E-state index in [1.807, 2.05) is 19.1 Å². The van der Waals surface area contributed by atoms with Crippen molar-refractivity contribution < 1.29 is 4.79 Å². The van der Waals surface area contributed by atoms with Crippen LogP contribution in [0.25, 0.3) is 0 Å². The Morgan fingerprint density at radius 2 is 2.15 bits per heavy atom. The number of benzene rings is 1. The van der Waals surface area contributed by atoms with Crippen molar-refractivity contribution in [2.75, 3.05) is 5.88 Å². The number of alkyl halides is 1. The zero-order chi connectivity index (χ0) is 9.84. The topological polar surface area (TPSA) is 17.1 Å². The fourth-order valence-electron chi connectivity index (χ4n) is 1.13.